The minimum absolute atomic E-state index is 0.0224. The Morgan fingerprint density at radius 1 is 1.19 bits per heavy atom. The van der Waals surface area contributed by atoms with Gasteiger partial charge in [-0.2, -0.15) is 0 Å². The van der Waals surface area contributed by atoms with Crippen LogP contribution in [0.25, 0.3) is 11.4 Å². The fraction of sp³-hybridized carbons (Fsp3) is 0.526. The first kappa shape index (κ1) is 19.5. The third-order valence-electron chi connectivity index (χ3n) is 4.86. The lowest BCUT2D eigenvalue weighted by molar-refractivity contribution is -0.118. The van der Waals surface area contributed by atoms with Gasteiger partial charge in [-0.3, -0.25) is 9.36 Å². The number of rotatable bonds is 7. The molecule has 0 saturated heterocycles. The van der Waals surface area contributed by atoms with Gasteiger partial charge in [-0.25, -0.2) is 0 Å². The van der Waals surface area contributed by atoms with Gasteiger partial charge in [-0.1, -0.05) is 31.0 Å². The number of aromatic nitrogens is 3. The van der Waals surface area contributed by atoms with E-state index in [9.17, 15) is 4.79 Å². The van der Waals surface area contributed by atoms with Crippen molar-refractivity contribution in [1.82, 2.24) is 20.1 Å². The van der Waals surface area contributed by atoms with Crippen LogP contribution in [-0.2, 0) is 4.79 Å². The Kier molecular flexibility index (Phi) is 6.60. The van der Waals surface area contributed by atoms with E-state index >= 15 is 0 Å². The highest BCUT2D eigenvalue weighted by Gasteiger charge is 2.24. The number of nitrogens with zero attached hydrogens (tertiary/aromatic N) is 3. The lowest BCUT2D eigenvalue weighted by Crippen LogP contribution is -2.21. The first-order chi connectivity index (χ1) is 13.2. The molecular formula is C19H26N4O3S. The van der Waals surface area contributed by atoms with Crippen molar-refractivity contribution >= 4 is 17.7 Å². The van der Waals surface area contributed by atoms with Crippen molar-refractivity contribution in [1.29, 1.82) is 0 Å². The number of ether oxygens (including phenoxy) is 2. The van der Waals surface area contributed by atoms with Crippen molar-refractivity contribution in [2.24, 2.45) is 0 Å². The number of thioether (sulfide) groups is 1. The average Bonchev–Trinajstić information content (AvgIpc) is 3.15. The molecule has 1 aromatic carbocycles. The largest absolute Gasteiger partial charge is 0.493 e. The molecule has 0 atom stereocenters. The molecule has 1 saturated carbocycles. The van der Waals surface area contributed by atoms with Crippen LogP contribution in [0.1, 0.15) is 38.1 Å². The molecule has 1 N–H and O–H groups in total. The molecule has 1 aliphatic rings. The zero-order valence-electron chi connectivity index (χ0n) is 16.0. The predicted octanol–water partition coefficient (Wildman–Crippen LogP) is 3.31. The molecule has 1 aliphatic carbocycles. The molecule has 8 heteroatoms. The number of carbonyl (C=O) groups is 1. The van der Waals surface area contributed by atoms with Crippen molar-refractivity contribution in [3.63, 3.8) is 0 Å². The van der Waals surface area contributed by atoms with Crippen molar-refractivity contribution in [2.75, 3.05) is 27.0 Å². The molecule has 1 amide bonds. The van der Waals surface area contributed by atoms with Crippen LogP contribution in [0.5, 0.6) is 11.5 Å². The molecule has 27 heavy (non-hydrogen) atoms. The molecule has 0 spiro atoms. The number of nitrogens with one attached hydrogen (secondary N) is 1. The Balaban J connectivity index is 1.98. The van der Waals surface area contributed by atoms with Crippen LogP contribution < -0.4 is 14.8 Å². The summed E-state index contributed by atoms with van der Waals surface area (Å²) in [5.41, 5.74) is 0.928. The second kappa shape index (κ2) is 9.12. The van der Waals surface area contributed by atoms with E-state index < -0.39 is 0 Å². The van der Waals surface area contributed by atoms with E-state index in [4.69, 9.17) is 9.47 Å². The molecule has 7 nitrogen and oxygen atoms in total. The highest BCUT2D eigenvalue weighted by atomic mass is 32.2. The van der Waals surface area contributed by atoms with E-state index in [2.05, 4.69) is 20.1 Å². The molecular weight excluding hydrogens is 364 g/mol. The SMILES string of the molecule is CNC(=O)CSc1nnc(-c2ccc(OC)c(OC)c2)n1C1CCCCC1. The van der Waals surface area contributed by atoms with Gasteiger partial charge in [0.25, 0.3) is 0 Å². The van der Waals surface area contributed by atoms with Gasteiger partial charge in [0.05, 0.1) is 20.0 Å². The maximum absolute atomic E-state index is 11.7. The zero-order valence-corrected chi connectivity index (χ0v) is 16.8. The third kappa shape index (κ3) is 4.37. The van der Waals surface area contributed by atoms with Crippen LogP contribution in [0.2, 0.25) is 0 Å². The van der Waals surface area contributed by atoms with Gasteiger partial charge in [-0.05, 0) is 31.0 Å². The lowest BCUT2D eigenvalue weighted by atomic mass is 9.95. The summed E-state index contributed by atoms with van der Waals surface area (Å²) in [7, 11) is 4.89. The van der Waals surface area contributed by atoms with E-state index in [-0.39, 0.29) is 5.91 Å². The summed E-state index contributed by atoms with van der Waals surface area (Å²) in [6.07, 6.45) is 5.88. The molecule has 1 heterocycles. The summed E-state index contributed by atoms with van der Waals surface area (Å²) in [4.78, 5) is 11.7. The molecule has 2 aromatic rings. The van der Waals surface area contributed by atoms with Gasteiger partial charge in [0.15, 0.2) is 22.5 Å². The molecule has 0 bridgehead atoms. The van der Waals surface area contributed by atoms with Crippen molar-refractivity contribution in [3.05, 3.63) is 18.2 Å². The summed E-state index contributed by atoms with van der Waals surface area (Å²) in [6, 6.07) is 6.13. The summed E-state index contributed by atoms with van der Waals surface area (Å²) >= 11 is 1.43. The first-order valence-electron chi connectivity index (χ1n) is 9.18. The molecule has 0 unspecified atom stereocenters. The van der Waals surface area contributed by atoms with E-state index in [1.54, 1.807) is 21.3 Å². The van der Waals surface area contributed by atoms with Gasteiger partial charge in [0, 0.05) is 18.7 Å². The molecule has 3 rings (SSSR count). The van der Waals surface area contributed by atoms with E-state index in [0.717, 1.165) is 29.4 Å². The number of hydrogen-bond donors (Lipinski definition) is 1. The Hall–Kier alpha value is -2.22. The standard InChI is InChI=1S/C19H26N4O3S/c1-20-17(24)12-27-19-22-21-18(23(19)14-7-5-4-6-8-14)13-9-10-15(25-2)16(11-13)26-3/h9-11,14H,4-8,12H2,1-3H3,(H,20,24). The molecule has 0 aliphatic heterocycles. The monoisotopic (exact) mass is 390 g/mol. The maximum atomic E-state index is 11.7. The smallest absolute Gasteiger partial charge is 0.230 e. The number of carbonyl (C=O) groups excluding carboxylic acids is 1. The second-order valence-corrected chi connectivity index (χ2v) is 7.44. The zero-order chi connectivity index (χ0) is 19.2. The Morgan fingerprint density at radius 2 is 1.93 bits per heavy atom. The quantitative estimate of drug-likeness (QED) is 0.731. The Bertz CT molecular complexity index is 787. The minimum atomic E-state index is -0.0224. The van der Waals surface area contributed by atoms with Gasteiger partial charge in [0.1, 0.15) is 0 Å². The van der Waals surface area contributed by atoms with E-state index in [1.807, 2.05) is 18.2 Å². The highest BCUT2D eigenvalue weighted by molar-refractivity contribution is 7.99. The number of hydrogen-bond acceptors (Lipinski definition) is 6. The van der Waals surface area contributed by atoms with Crippen LogP contribution in [0.3, 0.4) is 0 Å². The topological polar surface area (TPSA) is 78.3 Å². The number of amides is 1. The van der Waals surface area contributed by atoms with E-state index in [1.165, 1.54) is 31.0 Å². The molecule has 1 aromatic heterocycles. The molecule has 0 radical (unpaired) electrons. The third-order valence-corrected chi connectivity index (χ3v) is 5.80. The van der Waals surface area contributed by atoms with Crippen LogP contribution in [-0.4, -0.2) is 47.7 Å². The van der Waals surface area contributed by atoms with Crippen LogP contribution >= 0.6 is 11.8 Å². The summed E-state index contributed by atoms with van der Waals surface area (Å²) in [6.45, 7) is 0. The lowest BCUT2D eigenvalue weighted by Gasteiger charge is -2.25. The fourth-order valence-electron chi connectivity index (χ4n) is 3.42. The van der Waals surface area contributed by atoms with Crippen molar-refractivity contribution in [2.45, 2.75) is 43.3 Å². The highest BCUT2D eigenvalue weighted by Crippen LogP contribution is 2.37. The first-order valence-corrected chi connectivity index (χ1v) is 10.2. The molecule has 146 valence electrons. The minimum Gasteiger partial charge on any atom is -0.493 e. The van der Waals surface area contributed by atoms with E-state index in [0.29, 0.717) is 23.3 Å². The fourth-order valence-corrected chi connectivity index (χ4v) is 4.30. The molecule has 1 fully saturated rings. The summed E-state index contributed by atoms with van der Waals surface area (Å²) in [5.74, 6) is 2.45. The van der Waals surface area contributed by atoms with Gasteiger partial charge >= 0.3 is 0 Å². The van der Waals surface area contributed by atoms with Gasteiger partial charge in [-0.15, -0.1) is 10.2 Å². The number of benzene rings is 1. The summed E-state index contributed by atoms with van der Waals surface area (Å²) in [5, 5.41) is 12.3. The Labute approximate surface area is 163 Å². The van der Waals surface area contributed by atoms with Crippen LogP contribution in [0, 0.1) is 0 Å². The van der Waals surface area contributed by atoms with Gasteiger partial charge in [0.2, 0.25) is 5.91 Å². The number of methoxy groups -OCH3 is 2. The average molecular weight is 391 g/mol. The summed E-state index contributed by atoms with van der Waals surface area (Å²) < 4.78 is 13.0. The maximum Gasteiger partial charge on any atom is 0.230 e. The van der Waals surface area contributed by atoms with Crippen LogP contribution in [0.15, 0.2) is 23.4 Å². The Morgan fingerprint density at radius 3 is 2.59 bits per heavy atom. The normalized spacial score (nSPS) is 14.8. The van der Waals surface area contributed by atoms with Crippen molar-refractivity contribution in [3.8, 4) is 22.9 Å². The van der Waals surface area contributed by atoms with Crippen LogP contribution in [0.4, 0.5) is 0 Å². The van der Waals surface area contributed by atoms with Gasteiger partial charge < -0.3 is 14.8 Å². The second-order valence-electron chi connectivity index (χ2n) is 6.50. The van der Waals surface area contributed by atoms with Crippen molar-refractivity contribution < 1.29 is 14.3 Å². The predicted molar refractivity (Wildman–Crippen MR) is 105 cm³/mol.